The van der Waals surface area contributed by atoms with Crippen molar-refractivity contribution in [3.05, 3.63) is 35.9 Å². The number of carbonyl (C=O) groups is 1. The standard InChI is InChI=1S/C12H16NO4/c13-11(15)10(6-7-14)12(16)17-8-9-4-2-1-3-5-9/h1-5,10-11,14H,6-8,13H2/q-1/p+1/t10-,11+/m0/s1. The van der Waals surface area contributed by atoms with Gasteiger partial charge in [-0.05, 0) is 12.0 Å². The van der Waals surface area contributed by atoms with Gasteiger partial charge in [-0.3, -0.25) is 4.79 Å². The molecule has 0 aromatic heterocycles. The summed E-state index contributed by atoms with van der Waals surface area (Å²) < 4.78 is 5.01. The molecule has 1 aromatic carbocycles. The summed E-state index contributed by atoms with van der Waals surface area (Å²) >= 11 is 0. The zero-order valence-corrected chi connectivity index (χ0v) is 9.54. The Bertz CT molecular complexity index is 340. The summed E-state index contributed by atoms with van der Waals surface area (Å²) in [6.07, 6.45) is -1.23. The van der Waals surface area contributed by atoms with E-state index < -0.39 is 18.1 Å². The molecule has 1 aromatic rings. The van der Waals surface area contributed by atoms with E-state index in [1.54, 1.807) is 0 Å². The number of hydrogen-bond donors (Lipinski definition) is 2. The number of rotatable bonds is 6. The van der Waals surface area contributed by atoms with Crippen molar-refractivity contribution in [2.45, 2.75) is 19.3 Å². The fraction of sp³-hybridized carbons (Fsp3) is 0.417. The average molecular weight is 239 g/mol. The van der Waals surface area contributed by atoms with Gasteiger partial charge < -0.3 is 20.7 Å². The van der Waals surface area contributed by atoms with Gasteiger partial charge in [0, 0.05) is 12.8 Å². The number of ether oxygens (including phenoxy) is 1. The van der Waals surface area contributed by atoms with Gasteiger partial charge in [-0.25, -0.2) is 0 Å². The van der Waals surface area contributed by atoms with Crippen LogP contribution in [0.2, 0.25) is 0 Å². The maximum absolute atomic E-state index is 11.6. The molecule has 0 aliphatic carbocycles. The van der Waals surface area contributed by atoms with Gasteiger partial charge in [0.2, 0.25) is 0 Å². The Morgan fingerprint density at radius 2 is 2.06 bits per heavy atom. The van der Waals surface area contributed by atoms with E-state index in [-0.39, 0.29) is 19.6 Å². The topological polar surface area (TPSA) is 97.2 Å². The summed E-state index contributed by atoms with van der Waals surface area (Å²) in [5.41, 5.74) is 4.12. The Balaban J connectivity index is 2.47. The van der Waals surface area contributed by atoms with Crippen LogP contribution in [0.25, 0.3) is 0 Å². The number of benzene rings is 1. The highest BCUT2D eigenvalue weighted by molar-refractivity contribution is 5.72. The second-order valence-electron chi connectivity index (χ2n) is 3.75. The van der Waals surface area contributed by atoms with E-state index in [1.807, 2.05) is 30.3 Å². The van der Waals surface area contributed by atoms with Gasteiger partial charge in [0.25, 0.3) is 0 Å². The lowest BCUT2D eigenvalue weighted by molar-refractivity contribution is -0.666. The average Bonchev–Trinajstić information content (AvgIpc) is 2.34. The lowest BCUT2D eigenvalue weighted by Gasteiger charge is -2.22. The molecule has 17 heavy (non-hydrogen) atoms. The number of esters is 1. The van der Waals surface area contributed by atoms with Crippen LogP contribution in [-0.2, 0) is 16.1 Å². The first-order chi connectivity index (χ1) is 8.15. The van der Waals surface area contributed by atoms with Crippen molar-refractivity contribution in [1.82, 2.24) is 0 Å². The van der Waals surface area contributed by atoms with Crippen LogP contribution in [0.3, 0.4) is 0 Å². The molecule has 0 spiro atoms. The van der Waals surface area contributed by atoms with Gasteiger partial charge >= 0.3 is 5.97 Å². The van der Waals surface area contributed by atoms with E-state index in [9.17, 15) is 9.90 Å². The summed E-state index contributed by atoms with van der Waals surface area (Å²) in [7, 11) is 0. The Morgan fingerprint density at radius 3 is 2.59 bits per heavy atom. The van der Waals surface area contributed by atoms with Gasteiger partial charge in [0.1, 0.15) is 6.61 Å². The first-order valence-corrected chi connectivity index (χ1v) is 5.45. The molecule has 0 saturated carbocycles. The maximum Gasteiger partial charge on any atom is 0.313 e. The number of hydrogen-bond acceptors (Lipinski definition) is 4. The highest BCUT2D eigenvalue weighted by Gasteiger charge is 2.22. The van der Waals surface area contributed by atoms with Crippen molar-refractivity contribution in [2.75, 3.05) is 6.61 Å². The number of carbonyl (C=O) groups excluding carboxylic acids is 1. The molecule has 0 bridgehead atoms. The summed E-state index contributed by atoms with van der Waals surface area (Å²) in [6, 6.07) is 9.20. The van der Waals surface area contributed by atoms with Gasteiger partial charge in [-0.15, -0.1) is 0 Å². The minimum Gasteiger partial charge on any atom is -0.806 e. The third-order valence-electron chi connectivity index (χ3n) is 2.42. The number of quaternary nitrogens is 1. The first-order valence-electron chi connectivity index (χ1n) is 5.45. The van der Waals surface area contributed by atoms with Crippen molar-refractivity contribution in [3.8, 4) is 0 Å². The van der Waals surface area contributed by atoms with Gasteiger partial charge in [0.05, 0.1) is 5.92 Å². The zero-order chi connectivity index (χ0) is 12.7. The van der Waals surface area contributed by atoms with Crippen molar-refractivity contribution in [2.24, 2.45) is 5.92 Å². The van der Waals surface area contributed by atoms with E-state index in [2.05, 4.69) is 5.73 Å². The second-order valence-corrected chi connectivity index (χ2v) is 3.75. The fourth-order valence-corrected chi connectivity index (χ4v) is 1.43. The van der Waals surface area contributed by atoms with Crippen LogP contribution in [-0.4, -0.2) is 23.9 Å². The van der Waals surface area contributed by atoms with E-state index >= 15 is 0 Å². The molecule has 0 amide bonds. The molecule has 5 nitrogen and oxygen atoms in total. The largest absolute Gasteiger partial charge is 0.806 e. The molecular formula is C12H17NO4. The normalized spacial score (nSPS) is 14.1. The molecule has 1 rings (SSSR count). The molecule has 0 radical (unpaired) electrons. The van der Waals surface area contributed by atoms with Crippen molar-refractivity contribution in [1.29, 1.82) is 0 Å². The SMILES string of the molecule is [NH3+][C@H]([O-])[C@H](CCO)C(=O)OCc1ccccc1. The molecule has 0 aliphatic rings. The maximum atomic E-state index is 11.6. The minimum absolute atomic E-state index is 0.0886. The number of aliphatic hydroxyl groups excluding tert-OH is 1. The molecule has 94 valence electrons. The fourth-order valence-electron chi connectivity index (χ4n) is 1.43. The van der Waals surface area contributed by atoms with Gasteiger partial charge in [-0.2, -0.15) is 0 Å². The quantitative estimate of drug-likeness (QED) is 0.474. The highest BCUT2D eigenvalue weighted by atomic mass is 16.5. The molecule has 0 aliphatic heterocycles. The van der Waals surface area contributed by atoms with Crippen molar-refractivity contribution in [3.63, 3.8) is 0 Å². The molecular weight excluding hydrogens is 222 g/mol. The molecule has 0 heterocycles. The Kier molecular flexibility index (Phi) is 5.62. The Hall–Kier alpha value is -1.43. The lowest BCUT2D eigenvalue weighted by Crippen LogP contribution is -2.72. The molecule has 4 N–H and O–H groups in total. The predicted molar refractivity (Wildman–Crippen MR) is 58.1 cm³/mol. The third kappa shape index (κ3) is 4.52. The van der Waals surface area contributed by atoms with Crippen LogP contribution in [0.5, 0.6) is 0 Å². The van der Waals surface area contributed by atoms with Crippen LogP contribution in [0.1, 0.15) is 12.0 Å². The lowest BCUT2D eigenvalue weighted by atomic mass is 10.1. The van der Waals surface area contributed by atoms with E-state index in [4.69, 9.17) is 9.84 Å². The summed E-state index contributed by atoms with van der Waals surface area (Å²) in [4.78, 5) is 11.6. The molecule has 0 fully saturated rings. The summed E-state index contributed by atoms with van der Waals surface area (Å²) in [6.45, 7) is -0.0896. The Morgan fingerprint density at radius 1 is 1.41 bits per heavy atom. The zero-order valence-electron chi connectivity index (χ0n) is 9.54. The van der Waals surface area contributed by atoms with Crippen LogP contribution in [0.15, 0.2) is 30.3 Å². The van der Waals surface area contributed by atoms with Crippen molar-refractivity contribution >= 4 is 5.97 Å². The third-order valence-corrected chi connectivity index (χ3v) is 2.42. The molecule has 5 heteroatoms. The second kappa shape index (κ2) is 7.01. The number of aliphatic hydroxyl groups is 1. The first kappa shape index (κ1) is 13.6. The molecule has 0 saturated heterocycles. The van der Waals surface area contributed by atoms with Gasteiger partial charge in [0.15, 0.2) is 0 Å². The van der Waals surface area contributed by atoms with Crippen molar-refractivity contribution < 1.29 is 25.5 Å². The van der Waals surface area contributed by atoms with Crippen LogP contribution in [0, 0.1) is 5.92 Å². The highest BCUT2D eigenvalue weighted by Crippen LogP contribution is 2.08. The summed E-state index contributed by atoms with van der Waals surface area (Å²) in [5.74, 6) is -1.48. The van der Waals surface area contributed by atoms with Crippen LogP contribution >= 0.6 is 0 Å². The molecule has 2 atom stereocenters. The van der Waals surface area contributed by atoms with E-state index in [0.717, 1.165) is 5.56 Å². The van der Waals surface area contributed by atoms with Crippen LogP contribution < -0.4 is 10.8 Å². The summed E-state index contributed by atoms with van der Waals surface area (Å²) in [5, 5.41) is 19.9. The van der Waals surface area contributed by atoms with E-state index in [0.29, 0.717) is 0 Å². The smallest absolute Gasteiger partial charge is 0.313 e. The minimum atomic E-state index is -1.31. The monoisotopic (exact) mass is 239 g/mol. The predicted octanol–water partition coefficient (Wildman–Crippen LogP) is -1.34. The molecule has 0 unspecified atom stereocenters. The van der Waals surface area contributed by atoms with Gasteiger partial charge in [-0.1, -0.05) is 30.3 Å². The van der Waals surface area contributed by atoms with Crippen LogP contribution in [0.4, 0.5) is 0 Å². The van der Waals surface area contributed by atoms with E-state index in [1.165, 1.54) is 0 Å². The Labute approximate surface area is 99.8 Å².